The molecule has 2 aromatic rings. The van der Waals surface area contributed by atoms with E-state index in [0.29, 0.717) is 78.2 Å². The van der Waals surface area contributed by atoms with Crippen molar-refractivity contribution >= 4 is 5.78 Å². The number of Topliss-reactive ketones (excluding diaryl/α,β-unsaturated/α-hetero) is 1. The van der Waals surface area contributed by atoms with Crippen molar-refractivity contribution in [3.05, 3.63) is 45.5 Å². The van der Waals surface area contributed by atoms with Gasteiger partial charge >= 0.3 is 0 Å². The molecule has 9 heteroatoms. The van der Waals surface area contributed by atoms with E-state index in [1.165, 1.54) is 0 Å². The lowest BCUT2D eigenvalue weighted by atomic mass is 9.67. The predicted octanol–water partition coefficient (Wildman–Crippen LogP) is 14.3. The minimum atomic E-state index is -0.628. The molecule has 9 nitrogen and oxygen atoms in total. The van der Waals surface area contributed by atoms with Crippen LogP contribution in [0.5, 0.6) is 23.0 Å². The van der Waals surface area contributed by atoms with Crippen LogP contribution in [-0.2, 0) is 25.1 Å². The summed E-state index contributed by atoms with van der Waals surface area (Å²) in [5.41, 5.74) is 4.98. The third-order valence-corrected chi connectivity index (χ3v) is 10.1. The summed E-state index contributed by atoms with van der Waals surface area (Å²) in [6.07, 6.45) is 4.98. The molecule has 3 fully saturated rings. The van der Waals surface area contributed by atoms with E-state index in [1.54, 1.807) is 0 Å². The monoisotopic (exact) mass is 855 g/mol. The number of nitriles is 2. The van der Waals surface area contributed by atoms with Crippen LogP contribution >= 0.6 is 0 Å². The zero-order valence-corrected chi connectivity index (χ0v) is 42.8. The number of carbonyl (C=O) groups excluding carboxylic acids is 1. The maximum Gasteiger partial charge on any atom is 0.168 e. The van der Waals surface area contributed by atoms with E-state index in [-0.39, 0.29) is 5.78 Å². The fourth-order valence-corrected chi connectivity index (χ4v) is 7.90. The van der Waals surface area contributed by atoms with Gasteiger partial charge in [0.1, 0.15) is 32.2 Å². The van der Waals surface area contributed by atoms with E-state index in [9.17, 15) is 15.3 Å². The second-order valence-corrected chi connectivity index (χ2v) is 13.0. The Morgan fingerprint density at radius 2 is 0.721 bits per heavy atom. The van der Waals surface area contributed by atoms with Crippen molar-refractivity contribution in [1.29, 1.82) is 10.5 Å². The van der Waals surface area contributed by atoms with Crippen molar-refractivity contribution in [1.82, 2.24) is 0 Å². The van der Waals surface area contributed by atoms with Crippen molar-refractivity contribution in [2.24, 2.45) is 0 Å². The number of ether oxygens (including phenoxy) is 6. The van der Waals surface area contributed by atoms with E-state index in [1.807, 2.05) is 132 Å². The highest BCUT2D eigenvalue weighted by Gasteiger charge is 2.49. The smallest absolute Gasteiger partial charge is 0.168 e. The highest BCUT2D eigenvalue weighted by molar-refractivity contribution is 5.80. The topological polar surface area (TPSA) is 120 Å². The van der Waals surface area contributed by atoms with Crippen molar-refractivity contribution in [3.8, 4) is 35.1 Å². The molecule has 0 atom stereocenters. The number of carbonyl (C=O) groups is 1. The first-order valence-electron chi connectivity index (χ1n) is 24.1. The minimum Gasteiger partial charge on any atom is -0.486 e. The molecule has 0 amide bonds. The quantitative estimate of drug-likeness (QED) is 0.291. The zero-order valence-electron chi connectivity index (χ0n) is 42.8. The first kappa shape index (κ1) is 61.5. The Morgan fingerprint density at radius 3 is 1.03 bits per heavy atom. The van der Waals surface area contributed by atoms with Crippen LogP contribution in [0.4, 0.5) is 0 Å². The largest absolute Gasteiger partial charge is 0.486 e. The fraction of sp³-hybridized carbons (Fsp3) is 0.712. The van der Waals surface area contributed by atoms with Crippen molar-refractivity contribution in [2.45, 2.75) is 206 Å². The number of hydrogen-bond donors (Lipinski definition) is 0. The van der Waals surface area contributed by atoms with Gasteiger partial charge in [-0.25, -0.2) is 0 Å². The molecule has 1 spiro atoms. The van der Waals surface area contributed by atoms with Crippen LogP contribution in [0.15, 0.2) is 12.1 Å². The molecule has 61 heavy (non-hydrogen) atoms. The number of hydrogen-bond acceptors (Lipinski definition) is 9. The molecule has 0 radical (unpaired) electrons. The Kier molecular flexibility index (Phi) is 34.1. The van der Waals surface area contributed by atoms with E-state index in [2.05, 4.69) is 31.2 Å². The summed E-state index contributed by atoms with van der Waals surface area (Å²) in [6.45, 7) is 43.5. The van der Waals surface area contributed by atoms with Gasteiger partial charge in [-0.05, 0) is 75.6 Å². The Hall–Kier alpha value is -3.79. The first-order chi connectivity index (χ1) is 29.7. The molecule has 0 N–H and O–H groups in total. The van der Waals surface area contributed by atoms with Gasteiger partial charge in [0, 0.05) is 36.8 Å². The zero-order chi connectivity index (χ0) is 47.8. The number of aryl methyl sites for hydroxylation is 4. The highest BCUT2D eigenvalue weighted by atomic mass is 16.7. The lowest BCUT2D eigenvalue weighted by Crippen LogP contribution is -2.42. The van der Waals surface area contributed by atoms with Crippen LogP contribution in [0.25, 0.3) is 0 Å². The van der Waals surface area contributed by atoms with Crippen LogP contribution in [0, 0.1) is 50.4 Å². The molecule has 1 saturated heterocycles. The second kappa shape index (κ2) is 33.8. The average molecular weight is 855 g/mol. The van der Waals surface area contributed by atoms with E-state index < -0.39 is 16.6 Å². The first-order valence-corrected chi connectivity index (χ1v) is 24.1. The van der Waals surface area contributed by atoms with Crippen LogP contribution in [0.3, 0.4) is 0 Å². The van der Waals surface area contributed by atoms with Gasteiger partial charge in [-0.15, -0.1) is 0 Å². The fourth-order valence-electron chi connectivity index (χ4n) is 7.90. The lowest BCUT2D eigenvalue weighted by Gasteiger charge is -2.41. The molecule has 5 aliphatic rings. The third kappa shape index (κ3) is 15.5. The van der Waals surface area contributed by atoms with Gasteiger partial charge in [-0.3, -0.25) is 4.79 Å². The molecule has 7 rings (SSSR count). The molecule has 2 aromatic carbocycles. The summed E-state index contributed by atoms with van der Waals surface area (Å²) in [5.74, 6) is 2.81. The second-order valence-electron chi connectivity index (χ2n) is 13.0. The lowest BCUT2D eigenvalue weighted by molar-refractivity contribution is -0.182. The summed E-state index contributed by atoms with van der Waals surface area (Å²) in [4.78, 5) is 11.6. The van der Waals surface area contributed by atoms with Gasteiger partial charge in [0.2, 0.25) is 0 Å². The van der Waals surface area contributed by atoms with Gasteiger partial charge in [0.25, 0.3) is 0 Å². The van der Waals surface area contributed by atoms with E-state index in [0.717, 1.165) is 69.2 Å². The number of benzene rings is 2. The van der Waals surface area contributed by atoms with Gasteiger partial charge < -0.3 is 28.4 Å². The molecule has 350 valence electrons. The molecule has 0 unspecified atom stereocenters. The number of rotatable bonds is 2. The Morgan fingerprint density at radius 1 is 0.426 bits per heavy atom. The summed E-state index contributed by atoms with van der Waals surface area (Å²) in [7, 11) is 0. The normalized spacial score (nSPS) is 17.0. The number of ketones is 1. The highest BCUT2D eigenvalue weighted by Crippen LogP contribution is 2.53. The maximum absolute atomic E-state index is 11.6. The molecule has 3 heterocycles. The number of nitrogens with zero attached hydrogens (tertiary/aromatic N) is 2. The minimum absolute atomic E-state index is 0.247. The summed E-state index contributed by atoms with van der Waals surface area (Å²) in [5, 5.41) is 19.9. The van der Waals surface area contributed by atoms with Gasteiger partial charge in [0.05, 0.1) is 36.2 Å². The summed E-state index contributed by atoms with van der Waals surface area (Å²) < 4.78 is 35.1. The molecular weight excluding hydrogens is 765 g/mol. The molecule has 2 aliphatic carbocycles. The van der Waals surface area contributed by atoms with Crippen LogP contribution in [0.1, 0.15) is 196 Å². The van der Waals surface area contributed by atoms with Crippen LogP contribution in [0.2, 0.25) is 0 Å². The van der Waals surface area contributed by atoms with Gasteiger partial charge in [-0.1, -0.05) is 123 Å². The molecule has 2 saturated carbocycles. The van der Waals surface area contributed by atoms with E-state index >= 15 is 0 Å². The van der Waals surface area contributed by atoms with Crippen LogP contribution < -0.4 is 18.9 Å². The summed E-state index contributed by atoms with van der Waals surface area (Å²) >= 11 is 0. The maximum atomic E-state index is 11.6. The Balaban J connectivity index is -0.000000835. The average Bonchev–Trinajstić information content (AvgIpc) is 3.81. The van der Waals surface area contributed by atoms with Gasteiger partial charge in [0.15, 0.2) is 28.8 Å². The summed E-state index contributed by atoms with van der Waals surface area (Å²) in [6, 6.07) is 9.24. The van der Waals surface area contributed by atoms with Gasteiger partial charge in [-0.2, -0.15) is 10.5 Å². The Labute approximate surface area is 375 Å². The molecule has 0 bridgehead atoms. The van der Waals surface area contributed by atoms with E-state index in [4.69, 9.17) is 28.4 Å². The van der Waals surface area contributed by atoms with Crippen molar-refractivity contribution in [2.75, 3.05) is 39.6 Å². The van der Waals surface area contributed by atoms with Crippen LogP contribution in [-0.4, -0.2) is 51.2 Å². The van der Waals surface area contributed by atoms with Crippen molar-refractivity contribution < 1.29 is 33.2 Å². The Bertz CT molecular complexity index is 1560. The SMILES string of the molecule is CC.CC.CC.CC.CC.CC.CC.CC.Cc1cc(C)c(C2(C#N)CCC(=O)CC2)c2c1OCCO2.Cc1cc(C)c(C2(C#N)CCC3(CC2)OCCO3)c2c1OCCO2. The number of fused-ring (bicyclic) bond motifs is 2. The molecule has 0 aromatic heterocycles. The predicted molar refractivity (Wildman–Crippen MR) is 256 cm³/mol. The standard InChI is InChI=1S/C19H23NO4.C17H19NO3.8C2H6/c1-13-11-14(2)16-17(22-8-7-21-16)15(13)18(12-20)3-5-19(6-4-18)23-9-10-24-19;1-11-9-12(2)15-16(21-8-7-20-15)14(11)17(10-18)5-3-13(19)4-6-17;8*1-2/h11H,3-10H2,1-2H3;9H,3-8H2,1-2H3;8*1-2H3. The third-order valence-electron chi connectivity index (χ3n) is 10.1. The van der Waals surface area contributed by atoms with Crippen molar-refractivity contribution in [3.63, 3.8) is 0 Å². The molecule has 3 aliphatic heterocycles. The molecular formula is C52H90N2O7.